The second-order valence-corrected chi connectivity index (χ2v) is 7.91. The van der Waals surface area contributed by atoms with Crippen LogP contribution in [-0.4, -0.2) is 25.0 Å². The molecule has 0 aliphatic heterocycles. The van der Waals surface area contributed by atoms with Crippen LogP contribution in [0, 0.1) is 0 Å². The standard InChI is InChI=1S/C20H16ClN5OS/c21-16-9-5-4-8-15(16)19-24-22-17(27-19)12-28-20-25-23-18(13-10-11-13)26(20)14-6-2-1-3-7-14/h1-9,13H,10-12H2. The van der Waals surface area contributed by atoms with E-state index in [0.29, 0.717) is 28.5 Å². The summed E-state index contributed by atoms with van der Waals surface area (Å²) in [6.07, 6.45) is 2.33. The van der Waals surface area contributed by atoms with Crippen molar-refractivity contribution in [2.75, 3.05) is 0 Å². The van der Waals surface area contributed by atoms with Gasteiger partial charge in [-0.25, -0.2) is 0 Å². The first-order valence-electron chi connectivity index (χ1n) is 9.00. The van der Waals surface area contributed by atoms with Crippen LogP contribution in [0.3, 0.4) is 0 Å². The Kier molecular flexibility index (Phi) is 4.62. The number of hydrogen-bond acceptors (Lipinski definition) is 6. The smallest absolute Gasteiger partial charge is 0.249 e. The van der Waals surface area contributed by atoms with Gasteiger partial charge < -0.3 is 4.42 Å². The summed E-state index contributed by atoms with van der Waals surface area (Å²) in [7, 11) is 0. The minimum atomic E-state index is 0.421. The average molecular weight is 410 g/mol. The molecule has 6 nitrogen and oxygen atoms in total. The van der Waals surface area contributed by atoms with Crippen molar-refractivity contribution in [3.05, 3.63) is 71.3 Å². The minimum Gasteiger partial charge on any atom is -0.420 e. The summed E-state index contributed by atoms with van der Waals surface area (Å²) in [6.45, 7) is 0. The molecule has 0 bridgehead atoms. The van der Waals surface area contributed by atoms with E-state index in [9.17, 15) is 0 Å². The summed E-state index contributed by atoms with van der Waals surface area (Å²) in [6, 6.07) is 17.6. The predicted molar refractivity (Wildman–Crippen MR) is 108 cm³/mol. The van der Waals surface area contributed by atoms with E-state index in [4.69, 9.17) is 16.0 Å². The summed E-state index contributed by atoms with van der Waals surface area (Å²) >= 11 is 7.75. The van der Waals surface area contributed by atoms with Gasteiger partial charge in [0.25, 0.3) is 0 Å². The lowest BCUT2D eigenvalue weighted by molar-refractivity contribution is 0.528. The fourth-order valence-electron chi connectivity index (χ4n) is 2.98. The van der Waals surface area contributed by atoms with E-state index in [1.165, 1.54) is 24.6 Å². The van der Waals surface area contributed by atoms with Crippen molar-refractivity contribution in [1.82, 2.24) is 25.0 Å². The number of thioether (sulfide) groups is 1. The third-order valence-corrected chi connectivity index (χ3v) is 5.75. The lowest BCUT2D eigenvalue weighted by Crippen LogP contribution is -2.01. The van der Waals surface area contributed by atoms with Gasteiger partial charge in [-0.2, -0.15) is 0 Å². The summed E-state index contributed by atoms with van der Waals surface area (Å²) in [4.78, 5) is 0. The van der Waals surface area contributed by atoms with Crippen molar-refractivity contribution in [2.24, 2.45) is 0 Å². The van der Waals surface area contributed by atoms with Crippen LogP contribution in [0.15, 0.2) is 64.2 Å². The molecule has 2 heterocycles. The summed E-state index contributed by atoms with van der Waals surface area (Å²) in [5, 5.41) is 18.5. The van der Waals surface area contributed by atoms with Gasteiger partial charge in [-0.1, -0.05) is 53.7 Å². The zero-order valence-electron chi connectivity index (χ0n) is 14.8. The SMILES string of the molecule is Clc1ccccc1-c1nnc(CSc2nnc(C3CC3)n2-c2ccccc2)o1. The molecule has 28 heavy (non-hydrogen) atoms. The van der Waals surface area contributed by atoms with Crippen LogP contribution in [-0.2, 0) is 5.75 Å². The normalized spacial score (nSPS) is 13.8. The van der Waals surface area contributed by atoms with Crippen molar-refractivity contribution < 1.29 is 4.42 Å². The molecule has 2 aromatic carbocycles. The van der Waals surface area contributed by atoms with Gasteiger partial charge in [0.15, 0.2) is 5.16 Å². The van der Waals surface area contributed by atoms with Gasteiger partial charge in [-0.05, 0) is 37.1 Å². The quantitative estimate of drug-likeness (QED) is 0.410. The number of halogens is 1. The van der Waals surface area contributed by atoms with Gasteiger partial charge >= 0.3 is 0 Å². The Morgan fingerprint density at radius 2 is 1.75 bits per heavy atom. The summed E-state index contributed by atoms with van der Waals surface area (Å²) in [5.41, 5.74) is 1.80. The Bertz CT molecular complexity index is 1110. The van der Waals surface area contributed by atoms with Crippen molar-refractivity contribution in [1.29, 1.82) is 0 Å². The molecule has 8 heteroatoms. The molecule has 0 radical (unpaired) electrons. The fraction of sp³-hybridized carbons (Fsp3) is 0.200. The van der Waals surface area contributed by atoms with Crippen LogP contribution in [0.1, 0.15) is 30.5 Å². The Hall–Kier alpha value is -2.64. The van der Waals surface area contributed by atoms with E-state index in [2.05, 4.69) is 37.1 Å². The van der Waals surface area contributed by atoms with E-state index in [1.807, 2.05) is 36.4 Å². The van der Waals surface area contributed by atoms with Crippen molar-refractivity contribution >= 4 is 23.4 Å². The van der Waals surface area contributed by atoms with Crippen molar-refractivity contribution in [3.63, 3.8) is 0 Å². The second kappa shape index (κ2) is 7.41. The lowest BCUT2D eigenvalue weighted by atomic mass is 10.2. The molecule has 2 aromatic heterocycles. The van der Waals surface area contributed by atoms with Gasteiger partial charge in [0.1, 0.15) is 5.82 Å². The van der Waals surface area contributed by atoms with Crippen LogP contribution in [0.2, 0.25) is 5.02 Å². The van der Waals surface area contributed by atoms with Gasteiger partial charge in [0, 0.05) is 11.6 Å². The van der Waals surface area contributed by atoms with E-state index in [1.54, 1.807) is 6.07 Å². The molecule has 0 unspecified atom stereocenters. The van der Waals surface area contributed by atoms with Gasteiger partial charge in [-0.15, -0.1) is 20.4 Å². The molecule has 0 N–H and O–H groups in total. The van der Waals surface area contributed by atoms with Crippen LogP contribution in [0.4, 0.5) is 0 Å². The van der Waals surface area contributed by atoms with Gasteiger partial charge in [0.05, 0.1) is 16.3 Å². The molecule has 4 aromatic rings. The molecule has 1 saturated carbocycles. The number of rotatable bonds is 6. The van der Waals surface area contributed by atoms with Crippen molar-refractivity contribution in [2.45, 2.75) is 29.7 Å². The maximum atomic E-state index is 6.21. The van der Waals surface area contributed by atoms with Crippen LogP contribution in [0.5, 0.6) is 0 Å². The number of benzene rings is 2. The highest BCUT2D eigenvalue weighted by Gasteiger charge is 2.31. The van der Waals surface area contributed by atoms with E-state index in [-0.39, 0.29) is 0 Å². The second-order valence-electron chi connectivity index (χ2n) is 6.56. The lowest BCUT2D eigenvalue weighted by Gasteiger charge is -2.08. The monoisotopic (exact) mass is 409 g/mol. The topological polar surface area (TPSA) is 69.6 Å². The first-order chi connectivity index (χ1) is 13.8. The van der Waals surface area contributed by atoms with E-state index >= 15 is 0 Å². The maximum absolute atomic E-state index is 6.21. The third-order valence-electron chi connectivity index (χ3n) is 4.51. The number of hydrogen-bond donors (Lipinski definition) is 0. The highest BCUT2D eigenvalue weighted by Crippen LogP contribution is 2.41. The molecule has 0 saturated heterocycles. The molecule has 0 atom stereocenters. The van der Waals surface area contributed by atoms with Gasteiger partial charge in [-0.3, -0.25) is 4.57 Å². The van der Waals surface area contributed by atoms with Crippen LogP contribution >= 0.6 is 23.4 Å². The van der Waals surface area contributed by atoms with Crippen LogP contribution in [0.25, 0.3) is 17.1 Å². The first-order valence-corrected chi connectivity index (χ1v) is 10.4. The highest BCUT2D eigenvalue weighted by atomic mass is 35.5. The van der Waals surface area contributed by atoms with Crippen LogP contribution < -0.4 is 0 Å². The predicted octanol–water partition coefficient (Wildman–Crippen LogP) is 5.14. The molecule has 1 aliphatic rings. The zero-order valence-corrected chi connectivity index (χ0v) is 16.4. The molecule has 0 spiro atoms. The molecule has 1 fully saturated rings. The number of para-hydroxylation sites is 1. The summed E-state index contributed by atoms with van der Waals surface area (Å²) < 4.78 is 7.93. The minimum absolute atomic E-state index is 0.421. The Morgan fingerprint density at radius 3 is 2.54 bits per heavy atom. The molecule has 0 amide bonds. The fourth-order valence-corrected chi connectivity index (χ4v) is 3.99. The highest BCUT2D eigenvalue weighted by molar-refractivity contribution is 7.98. The molecular formula is C20H16ClN5OS. The molecular weight excluding hydrogens is 394 g/mol. The maximum Gasteiger partial charge on any atom is 0.249 e. The largest absolute Gasteiger partial charge is 0.420 e. The third kappa shape index (κ3) is 3.43. The first kappa shape index (κ1) is 17.5. The Labute approximate surface area is 171 Å². The average Bonchev–Trinajstić information content (AvgIpc) is 3.31. The molecule has 140 valence electrons. The van der Waals surface area contributed by atoms with E-state index in [0.717, 1.165) is 22.2 Å². The zero-order chi connectivity index (χ0) is 18.9. The van der Waals surface area contributed by atoms with E-state index < -0.39 is 0 Å². The molecule has 1 aliphatic carbocycles. The van der Waals surface area contributed by atoms with Crippen molar-refractivity contribution in [3.8, 4) is 17.1 Å². The summed E-state index contributed by atoms with van der Waals surface area (Å²) in [5.74, 6) is 2.97. The molecule has 5 rings (SSSR count). The number of nitrogens with zero attached hydrogens (tertiary/aromatic N) is 5. The Morgan fingerprint density at radius 1 is 0.964 bits per heavy atom. The Balaban J connectivity index is 1.39. The van der Waals surface area contributed by atoms with Gasteiger partial charge in [0.2, 0.25) is 11.8 Å². The number of aromatic nitrogens is 5.